The van der Waals surface area contributed by atoms with Crippen molar-refractivity contribution in [1.29, 1.82) is 0 Å². The lowest BCUT2D eigenvalue weighted by Crippen LogP contribution is -2.34. The lowest BCUT2D eigenvalue weighted by molar-refractivity contribution is 0.734. The Morgan fingerprint density at radius 3 is 2.68 bits per heavy atom. The molecule has 6 nitrogen and oxygen atoms in total. The second kappa shape index (κ2) is 5.19. The van der Waals surface area contributed by atoms with Crippen LogP contribution in [0.3, 0.4) is 0 Å². The van der Waals surface area contributed by atoms with Crippen LogP contribution in [0.2, 0.25) is 5.02 Å². The Morgan fingerprint density at radius 2 is 2.05 bits per heavy atom. The van der Waals surface area contributed by atoms with Crippen LogP contribution in [0.25, 0.3) is 0 Å². The summed E-state index contributed by atoms with van der Waals surface area (Å²) in [4.78, 5) is 25.5. The average molecular weight is 281 g/mol. The molecule has 0 bridgehead atoms. The highest BCUT2D eigenvalue weighted by Crippen LogP contribution is 2.18. The van der Waals surface area contributed by atoms with E-state index in [4.69, 9.17) is 17.3 Å². The third kappa shape index (κ3) is 2.48. The van der Waals surface area contributed by atoms with E-state index in [9.17, 15) is 9.59 Å². The second-order valence-electron chi connectivity index (χ2n) is 3.95. The van der Waals surface area contributed by atoms with Crippen molar-refractivity contribution < 1.29 is 0 Å². The predicted octanol–water partition coefficient (Wildman–Crippen LogP) is 0.862. The minimum Gasteiger partial charge on any atom is -0.383 e. The van der Waals surface area contributed by atoms with Gasteiger partial charge in [-0.2, -0.15) is 0 Å². The zero-order chi connectivity index (χ0) is 14.0. The number of benzene rings is 1. The summed E-state index contributed by atoms with van der Waals surface area (Å²) in [6.07, 6.45) is 0. The van der Waals surface area contributed by atoms with Gasteiger partial charge in [0.25, 0.3) is 5.56 Å². The number of rotatable bonds is 3. The fourth-order valence-electron chi connectivity index (χ4n) is 1.78. The van der Waals surface area contributed by atoms with E-state index in [1.807, 2.05) is 6.07 Å². The Hall–Kier alpha value is -2.21. The van der Waals surface area contributed by atoms with Gasteiger partial charge in [0.15, 0.2) is 0 Å². The third-order valence-corrected chi connectivity index (χ3v) is 3.14. The molecule has 0 unspecified atom stereocenters. The van der Waals surface area contributed by atoms with Crippen molar-refractivity contribution in [2.45, 2.75) is 6.54 Å². The second-order valence-corrected chi connectivity index (χ2v) is 4.35. The third-order valence-electron chi connectivity index (χ3n) is 2.78. The van der Waals surface area contributed by atoms with Crippen molar-refractivity contribution >= 4 is 23.1 Å². The van der Waals surface area contributed by atoms with Gasteiger partial charge in [-0.3, -0.25) is 14.3 Å². The van der Waals surface area contributed by atoms with Gasteiger partial charge in [-0.05, 0) is 11.6 Å². The van der Waals surface area contributed by atoms with Gasteiger partial charge in [0, 0.05) is 12.1 Å². The number of nitrogens with zero attached hydrogens (tertiary/aromatic N) is 1. The highest BCUT2D eigenvalue weighted by molar-refractivity contribution is 6.31. The first-order chi connectivity index (χ1) is 9.04. The smallest absolute Gasteiger partial charge is 0.330 e. The molecule has 0 atom stereocenters. The van der Waals surface area contributed by atoms with E-state index in [2.05, 4.69) is 10.3 Å². The summed E-state index contributed by atoms with van der Waals surface area (Å²) in [6, 6.07) is 7.12. The molecule has 1 heterocycles. The summed E-state index contributed by atoms with van der Waals surface area (Å²) in [7, 11) is 1.56. The van der Waals surface area contributed by atoms with Crippen molar-refractivity contribution in [3.05, 3.63) is 55.7 Å². The van der Waals surface area contributed by atoms with Crippen LogP contribution in [-0.2, 0) is 6.54 Å². The van der Waals surface area contributed by atoms with E-state index in [0.29, 0.717) is 5.02 Å². The minimum absolute atomic E-state index is 0.0798. The summed E-state index contributed by atoms with van der Waals surface area (Å²) in [6.45, 7) is 0.190. The summed E-state index contributed by atoms with van der Waals surface area (Å²) in [5.74, 6) is 0.0798. The number of nitrogens with one attached hydrogen (secondary N) is 2. The Labute approximate surface area is 113 Å². The van der Waals surface area contributed by atoms with Crippen LogP contribution in [0, 0.1) is 0 Å². The van der Waals surface area contributed by atoms with Crippen LogP contribution in [0.1, 0.15) is 5.56 Å². The van der Waals surface area contributed by atoms with Gasteiger partial charge in [-0.25, -0.2) is 4.79 Å². The molecule has 100 valence electrons. The van der Waals surface area contributed by atoms with Crippen LogP contribution in [-0.4, -0.2) is 16.6 Å². The molecule has 0 radical (unpaired) electrons. The number of anilines is 2. The molecule has 0 aliphatic heterocycles. The number of nitrogens with two attached hydrogens (primary N) is 1. The predicted molar refractivity (Wildman–Crippen MR) is 75.8 cm³/mol. The van der Waals surface area contributed by atoms with Crippen molar-refractivity contribution in [2.24, 2.45) is 0 Å². The van der Waals surface area contributed by atoms with Crippen LogP contribution in [0.5, 0.6) is 0 Å². The molecule has 1 aromatic carbocycles. The van der Waals surface area contributed by atoms with Gasteiger partial charge in [-0.1, -0.05) is 29.8 Å². The lowest BCUT2D eigenvalue weighted by atomic mass is 10.2. The van der Waals surface area contributed by atoms with Gasteiger partial charge >= 0.3 is 5.69 Å². The van der Waals surface area contributed by atoms with Gasteiger partial charge < -0.3 is 11.1 Å². The van der Waals surface area contributed by atoms with Gasteiger partial charge in [0.1, 0.15) is 11.5 Å². The number of halogens is 1. The first-order valence-corrected chi connectivity index (χ1v) is 5.96. The lowest BCUT2D eigenvalue weighted by Gasteiger charge is -2.12. The van der Waals surface area contributed by atoms with Crippen LogP contribution >= 0.6 is 11.6 Å². The van der Waals surface area contributed by atoms with Gasteiger partial charge in [-0.15, -0.1) is 0 Å². The summed E-state index contributed by atoms with van der Waals surface area (Å²) in [5, 5.41) is 3.20. The maximum absolute atomic E-state index is 11.8. The molecular formula is C12H13ClN4O2. The highest BCUT2D eigenvalue weighted by Gasteiger charge is 2.12. The van der Waals surface area contributed by atoms with E-state index in [0.717, 1.165) is 5.56 Å². The van der Waals surface area contributed by atoms with Crippen molar-refractivity contribution in [2.75, 3.05) is 18.1 Å². The molecule has 1 aromatic heterocycles. The van der Waals surface area contributed by atoms with E-state index in [-0.39, 0.29) is 18.1 Å². The number of nitrogen functional groups attached to an aromatic ring is 1. The largest absolute Gasteiger partial charge is 0.383 e. The fraction of sp³-hybridized carbons (Fsp3) is 0.167. The quantitative estimate of drug-likeness (QED) is 0.777. The Morgan fingerprint density at radius 1 is 1.37 bits per heavy atom. The van der Waals surface area contributed by atoms with E-state index >= 15 is 0 Å². The molecule has 0 saturated heterocycles. The molecule has 0 saturated carbocycles. The summed E-state index contributed by atoms with van der Waals surface area (Å²) in [5.41, 5.74) is 5.62. The zero-order valence-electron chi connectivity index (χ0n) is 10.2. The van der Waals surface area contributed by atoms with Crippen molar-refractivity contribution in [3.63, 3.8) is 0 Å². The number of aromatic nitrogens is 2. The Kier molecular flexibility index (Phi) is 3.62. The van der Waals surface area contributed by atoms with Crippen LogP contribution < -0.4 is 22.3 Å². The first kappa shape index (κ1) is 13.2. The van der Waals surface area contributed by atoms with Gasteiger partial charge in [0.05, 0.1) is 6.54 Å². The molecular weight excluding hydrogens is 268 g/mol. The average Bonchev–Trinajstić information content (AvgIpc) is 2.36. The van der Waals surface area contributed by atoms with E-state index in [1.165, 1.54) is 4.57 Å². The van der Waals surface area contributed by atoms with Crippen molar-refractivity contribution in [1.82, 2.24) is 9.55 Å². The maximum Gasteiger partial charge on any atom is 0.330 e. The molecule has 2 rings (SSSR count). The maximum atomic E-state index is 11.8. The molecule has 0 fully saturated rings. The van der Waals surface area contributed by atoms with Crippen LogP contribution in [0.4, 0.5) is 11.5 Å². The molecule has 0 spiro atoms. The molecule has 2 aromatic rings. The van der Waals surface area contributed by atoms with Gasteiger partial charge in [0.2, 0.25) is 0 Å². The molecule has 0 amide bonds. The number of hydrogen-bond acceptors (Lipinski definition) is 4. The molecule has 19 heavy (non-hydrogen) atoms. The summed E-state index contributed by atoms with van der Waals surface area (Å²) < 4.78 is 1.26. The fourth-order valence-corrected chi connectivity index (χ4v) is 1.98. The van der Waals surface area contributed by atoms with E-state index < -0.39 is 11.2 Å². The number of aromatic amines is 1. The molecule has 7 heteroatoms. The first-order valence-electron chi connectivity index (χ1n) is 5.58. The minimum atomic E-state index is -0.568. The SMILES string of the molecule is CNc1c(N)n(Cc2ccccc2Cl)c(=O)[nH]c1=O. The monoisotopic (exact) mass is 280 g/mol. The topological polar surface area (TPSA) is 92.9 Å². The Bertz CT molecular complexity index is 720. The number of H-pyrrole nitrogens is 1. The molecule has 0 aliphatic carbocycles. The van der Waals surface area contributed by atoms with Crippen LogP contribution in [0.15, 0.2) is 33.9 Å². The molecule has 4 N–H and O–H groups in total. The Balaban J connectivity index is 2.55. The highest BCUT2D eigenvalue weighted by atomic mass is 35.5. The zero-order valence-corrected chi connectivity index (χ0v) is 11.0. The standard InChI is InChI=1S/C12H13ClN4O2/c1-15-9-10(14)17(12(19)16-11(9)18)6-7-4-2-3-5-8(7)13/h2-5,15H,6,14H2,1H3,(H,16,18,19). The molecule has 0 aliphatic rings. The summed E-state index contributed by atoms with van der Waals surface area (Å²) >= 11 is 6.04. The number of hydrogen-bond donors (Lipinski definition) is 3. The normalized spacial score (nSPS) is 10.4. The van der Waals surface area contributed by atoms with Crippen molar-refractivity contribution in [3.8, 4) is 0 Å². The van der Waals surface area contributed by atoms with E-state index in [1.54, 1.807) is 25.2 Å².